The lowest BCUT2D eigenvalue weighted by molar-refractivity contribution is -0.139. The van der Waals surface area contributed by atoms with Gasteiger partial charge in [-0.3, -0.25) is 4.79 Å². The van der Waals surface area contributed by atoms with Crippen LogP contribution >= 0.6 is 27.7 Å². The molecule has 100 valence electrons. The number of hydrogen-bond acceptors (Lipinski definition) is 4. The Morgan fingerprint density at radius 1 is 1.50 bits per heavy atom. The topological polar surface area (TPSA) is 52.3 Å². The molecule has 18 heavy (non-hydrogen) atoms. The van der Waals surface area contributed by atoms with E-state index in [2.05, 4.69) is 15.9 Å². The first kappa shape index (κ1) is 15.5. The van der Waals surface area contributed by atoms with E-state index in [1.807, 2.05) is 31.2 Å². The summed E-state index contributed by atoms with van der Waals surface area (Å²) in [5.41, 5.74) is 7.12. The van der Waals surface area contributed by atoms with Crippen molar-refractivity contribution in [2.75, 3.05) is 12.4 Å². The SMILES string of the molecule is CCOC(=O)CSC(c1ccccc1Br)C(C)N. The zero-order valence-corrected chi connectivity index (χ0v) is 13.0. The number of halogens is 1. The summed E-state index contributed by atoms with van der Waals surface area (Å²) < 4.78 is 5.94. The minimum absolute atomic E-state index is 0.0388. The zero-order valence-electron chi connectivity index (χ0n) is 10.6. The minimum Gasteiger partial charge on any atom is -0.465 e. The smallest absolute Gasteiger partial charge is 0.315 e. The molecule has 2 unspecified atom stereocenters. The molecule has 1 rings (SSSR count). The first-order valence-corrected chi connectivity index (χ1v) is 7.67. The minimum atomic E-state index is -0.194. The van der Waals surface area contributed by atoms with Gasteiger partial charge in [0, 0.05) is 15.8 Å². The van der Waals surface area contributed by atoms with E-state index < -0.39 is 0 Å². The molecule has 0 bridgehead atoms. The van der Waals surface area contributed by atoms with Gasteiger partial charge in [-0.15, -0.1) is 11.8 Å². The van der Waals surface area contributed by atoms with Crippen molar-refractivity contribution >= 4 is 33.7 Å². The molecule has 0 heterocycles. The molecule has 0 fully saturated rings. The predicted molar refractivity (Wildman–Crippen MR) is 79.6 cm³/mol. The van der Waals surface area contributed by atoms with E-state index in [1.165, 1.54) is 11.8 Å². The molecule has 0 saturated carbocycles. The number of nitrogens with two attached hydrogens (primary N) is 1. The Morgan fingerprint density at radius 2 is 2.17 bits per heavy atom. The third kappa shape index (κ3) is 4.63. The van der Waals surface area contributed by atoms with Gasteiger partial charge in [0.25, 0.3) is 0 Å². The summed E-state index contributed by atoms with van der Waals surface area (Å²) in [5.74, 6) is 0.127. The number of benzene rings is 1. The average molecular weight is 332 g/mol. The van der Waals surface area contributed by atoms with Crippen LogP contribution in [-0.4, -0.2) is 24.4 Å². The van der Waals surface area contributed by atoms with Gasteiger partial charge in [0.2, 0.25) is 0 Å². The zero-order chi connectivity index (χ0) is 13.5. The van der Waals surface area contributed by atoms with Crippen molar-refractivity contribution in [3.05, 3.63) is 34.3 Å². The van der Waals surface area contributed by atoms with Crippen LogP contribution < -0.4 is 5.73 Å². The Bertz CT molecular complexity index is 398. The highest BCUT2D eigenvalue weighted by molar-refractivity contribution is 9.10. The molecule has 5 heteroatoms. The van der Waals surface area contributed by atoms with Gasteiger partial charge in [0.1, 0.15) is 0 Å². The van der Waals surface area contributed by atoms with Crippen molar-refractivity contribution in [1.29, 1.82) is 0 Å². The molecule has 1 aromatic carbocycles. The Balaban J connectivity index is 2.72. The van der Waals surface area contributed by atoms with Gasteiger partial charge in [-0.25, -0.2) is 0 Å². The molecule has 0 amide bonds. The first-order chi connectivity index (χ1) is 8.56. The molecule has 0 aliphatic heterocycles. The van der Waals surface area contributed by atoms with Crippen molar-refractivity contribution in [3.63, 3.8) is 0 Å². The van der Waals surface area contributed by atoms with Crippen molar-refractivity contribution in [1.82, 2.24) is 0 Å². The summed E-state index contributed by atoms with van der Waals surface area (Å²) in [7, 11) is 0. The quantitative estimate of drug-likeness (QED) is 0.813. The Morgan fingerprint density at radius 3 is 2.72 bits per heavy atom. The number of thioether (sulfide) groups is 1. The normalized spacial score (nSPS) is 14.0. The second-order valence-electron chi connectivity index (χ2n) is 3.92. The fourth-order valence-corrected chi connectivity index (χ4v) is 3.36. The fourth-order valence-electron chi connectivity index (χ4n) is 1.59. The molecule has 0 aliphatic carbocycles. The molecular weight excluding hydrogens is 314 g/mol. The fraction of sp³-hybridized carbons (Fsp3) is 0.462. The monoisotopic (exact) mass is 331 g/mol. The molecule has 2 N–H and O–H groups in total. The summed E-state index contributed by atoms with van der Waals surface area (Å²) in [4.78, 5) is 11.4. The maximum Gasteiger partial charge on any atom is 0.315 e. The summed E-state index contributed by atoms with van der Waals surface area (Å²) in [5, 5.41) is 0.0741. The van der Waals surface area contributed by atoms with E-state index in [9.17, 15) is 4.79 Å². The highest BCUT2D eigenvalue weighted by Crippen LogP contribution is 2.35. The highest BCUT2D eigenvalue weighted by Gasteiger charge is 2.20. The van der Waals surface area contributed by atoms with E-state index in [-0.39, 0.29) is 17.3 Å². The van der Waals surface area contributed by atoms with Crippen LogP contribution in [0.5, 0.6) is 0 Å². The molecule has 0 saturated heterocycles. The van der Waals surface area contributed by atoms with E-state index in [4.69, 9.17) is 10.5 Å². The van der Waals surface area contributed by atoms with Crippen LogP contribution in [0.3, 0.4) is 0 Å². The predicted octanol–water partition coefficient (Wildman–Crippen LogP) is 3.13. The summed E-state index contributed by atoms with van der Waals surface area (Å²) in [6.45, 7) is 4.17. The van der Waals surface area contributed by atoms with E-state index in [1.54, 1.807) is 6.92 Å². The van der Waals surface area contributed by atoms with E-state index in [0.717, 1.165) is 10.0 Å². The Hall–Kier alpha value is -0.520. The van der Waals surface area contributed by atoms with Crippen LogP contribution in [0.2, 0.25) is 0 Å². The maximum absolute atomic E-state index is 11.4. The number of carbonyl (C=O) groups excluding carboxylic acids is 1. The number of hydrogen-bond donors (Lipinski definition) is 1. The standard InChI is InChI=1S/C13H18BrNO2S/c1-3-17-12(16)8-18-13(9(2)15)10-6-4-5-7-11(10)14/h4-7,9,13H,3,8,15H2,1-2H3. The largest absolute Gasteiger partial charge is 0.465 e. The van der Waals surface area contributed by atoms with Crippen LogP contribution in [0.25, 0.3) is 0 Å². The molecule has 3 nitrogen and oxygen atoms in total. The summed E-state index contributed by atoms with van der Waals surface area (Å²) in [6, 6.07) is 7.90. The van der Waals surface area contributed by atoms with Crippen LogP contribution in [0.15, 0.2) is 28.7 Å². The molecular formula is C13H18BrNO2S. The van der Waals surface area contributed by atoms with Crippen LogP contribution in [0, 0.1) is 0 Å². The molecule has 0 radical (unpaired) electrons. The lowest BCUT2D eigenvalue weighted by Gasteiger charge is -2.21. The van der Waals surface area contributed by atoms with Crippen molar-refractivity contribution in [2.45, 2.75) is 25.1 Å². The Labute approximate surface area is 121 Å². The third-order valence-corrected chi connectivity index (χ3v) is 4.54. The van der Waals surface area contributed by atoms with Gasteiger partial charge in [-0.05, 0) is 25.5 Å². The summed E-state index contributed by atoms with van der Waals surface area (Å²) in [6.07, 6.45) is 0. The van der Waals surface area contributed by atoms with Crippen LogP contribution in [-0.2, 0) is 9.53 Å². The van der Waals surface area contributed by atoms with Crippen molar-refractivity contribution < 1.29 is 9.53 Å². The average Bonchev–Trinajstić information content (AvgIpc) is 2.31. The van der Waals surface area contributed by atoms with E-state index in [0.29, 0.717) is 12.4 Å². The van der Waals surface area contributed by atoms with Crippen molar-refractivity contribution in [3.8, 4) is 0 Å². The third-order valence-electron chi connectivity index (χ3n) is 2.38. The van der Waals surface area contributed by atoms with Gasteiger partial charge in [0.15, 0.2) is 0 Å². The maximum atomic E-state index is 11.4. The Kier molecular flexibility index (Phi) is 6.75. The highest BCUT2D eigenvalue weighted by atomic mass is 79.9. The lowest BCUT2D eigenvalue weighted by Crippen LogP contribution is -2.24. The molecule has 1 aromatic rings. The second kappa shape index (κ2) is 7.81. The van der Waals surface area contributed by atoms with Gasteiger partial charge >= 0.3 is 5.97 Å². The molecule has 0 spiro atoms. The van der Waals surface area contributed by atoms with Gasteiger partial charge in [-0.1, -0.05) is 34.1 Å². The molecule has 0 aliphatic rings. The number of esters is 1. The molecule has 0 aromatic heterocycles. The number of carbonyl (C=O) groups is 1. The van der Waals surface area contributed by atoms with Crippen molar-refractivity contribution in [2.24, 2.45) is 5.73 Å². The van der Waals surface area contributed by atoms with Crippen LogP contribution in [0.4, 0.5) is 0 Å². The van der Waals surface area contributed by atoms with E-state index >= 15 is 0 Å². The second-order valence-corrected chi connectivity index (χ2v) is 5.90. The van der Waals surface area contributed by atoms with Gasteiger partial charge in [-0.2, -0.15) is 0 Å². The molecule has 2 atom stereocenters. The number of rotatable bonds is 6. The van der Waals surface area contributed by atoms with Gasteiger partial charge in [0.05, 0.1) is 12.4 Å². The van der Waals surface area contributed by atoms with Gasteiger partial charge < -0.3 is 10.5 Å². The number of ether oxygens (including phenoxy) is 1. The summed E-state index contributed by atoms with van der Waals surface area (Å²) >= 11 is 5.03. The van der Waals surface area contributed by atoms with Crippen LogP contribution in [0.1, 0.15) is 24.7 Å². The first-order valence-electron chi connectivity index (χ1n) is 5.83. The lowest BCUT2D eigenvalue weighted by atomic mass is 10.1.